The molecule has 20 heteroatoms. The number of carboxylic acid groups (broad SMARTS) is 2. The summed E-state index contributed by atoms with van der Waals surface area (Å²) in [5.74, 6) is -7.29. The number of carbonyl (C=O) groups is 6. The second-order valence-corrected chi connectivity index (χ2v) is 17.0. The number of benzene rings is 1. The maximum Gasteiger partial charge on any atom is 1.00 e. The summed E-state index contributed by atoms with van der Waals surface area (Å²) in [4.78, 5) is 72.5. The summed E-state index contributed by atoms with van der Waals surface area (Å²) in [6.45, 7) is 4.36. The van der Waals surface area contributed by atoms with E-state index in [-0.39, 0.29) is 53.0 Å². The van der Waals surface area contributed by atoms with Crippen LogP contribution in [0, 0.1) is 11.8 Å². The predicted octanol–water partition coefficient (Wildman–Crippen LogP) is -5.10. The number of sulfone groups is 1. The number of esters is 1. The number of β-lactam (4-membered cyclic amide) rings is 1. The number of nitrogens with two attached hydrogens (primary N) is 1. The number of aliphatic carboxylic acids is 2. The third-order valence-electron chi connectivity index (χ3n) is 9.38. The van der Waals surface area contributed by atoms with E-state index in [1.54, 1.807) is 38.1 Å². The fourth-order valence-corrected chi connectivity index (χ4v) is 11.1. The summed E-state index contributed by atoms with van der Waals surface area (Å²) < 4.78 is 28.7. The molecule has 49 heavy (non-hydrogen) atoms. The number of ether oxygens (including phenoxy) is 1. The van der Waals surface area contributed by atoms with Crippen molar-refractivity contribution in [3.63, 3.8) is 0 Å². The van der Waals surface area contributed by atoms with Gasteiger partial charge in [-0.1, -0.05) is 35.5 Å². The molecule has 6 rings (SSSR count). The zero-order valence-electron chi connectivity index (χ0n) is 27.1. The summed E-state index contributed by atoms with van der Waals surface area (Å²) >= 11 is 1.38. The molecule has 4 aliphatic rings. The summed E-state index contributed by atoms with van der Waals surface area (Å²) in [6, 6.07) is 6.38. The van der Waals surface area contributed by atoms with Crippen molar-refractivity contribution in [3.8, 4) is 0 Å². The first-order valence-corrected chi connectivity index (χ1v) is 17.1. The van der Waals surface area contributed by atoms with Crippen molar-refractivity contribution < 1.29 is 81.7 Å². The number of nitrogens with one attached hydrogen (secondary N) is 1. The molecule has 8 atom stereocenters. The summed E-state index contributed by atoms with van der Waals surface area (Å²) in [5.41, 5.74) is 6.48. The van der Waals surface area contributed by atoms with E-state index in [2.05, 4.69) is 20.4 Å². The Morgan fingerprint density at radius 3 is 2.37 bits per heavy atom. The number of thioether (sulfide) groups is 1. The average molecular weight is 729 g/mol. The fourth-order valence-electron chi connectivity index (χ4n) is 6.83. The molecule has 1 aliphatic carbocycles. The van der Waals surface area contributed by atoms with Crippen molar-refractivity contribution in [3.05, 3.63) is 47.8 Å². The third kappa shape index (κ3) is 6.28. The number of nitrogens with zero attached hydrogens (tertiary/aromatic N) is 4. The second-order valence-electron chi connectivity index (χ2n) is 12.6. The number of methoxy groups -OCH3 is 1. The Bertz CT molecular complexity index is 1810. The molecule has 258 valence electrons. The summed E-state index contributed by atoms with van der Waals surface area (Å²) in [5, 5.41) is 29.4. The molecule has 2 amide bonds. The Morgan fingerprint density at radius 1 is 1.18 bits per heavy atom. The van der Waals surface area contributed by atoms with Gasteiger partial charge in [-0.2, -0.15) is 0 Å². The number of rotatable bonds is 8. The minimum Gasteiger partial charge on any atom is -0.550 e. The van der Waals surface area contributed by atoms with E-state index in [0.717, 1.165) is 18.0 Å². The van der Waals surface area contributed by atoms with Gasteiger partial charge in [-0.25, -0.2) is 22.7 Å². The molecule has 0 spiro atoms. The Morgan fingerprint density at radius 2 is 1.82 bits per heavy atom. The number of ketones is 1. The van der Waals surface area contributed by atoms with Gasteiger partial charge in [-0.05, 0) is 26.3 Å². The first-order valence-electron chi connectivity index (χ1n) is 14.7. The second kappa shape index (κ2) is 13.7. The van der Waals surface area contributed by atoms with Gasteiger partial charge in [0, 0.05) is 29.0 Å². The molecular formula is C29H33N6NaO11S2. The molecule has 1 aromatic heterocycles. The van der Waals surface area contributed by atoms with E-state index in [4.69, 9.17) is 5.73 Å². The van der Waals surface area contributed by atoms with Crippen molar-refractivity contribution >= 4 is 57.1 Å². The zero-order chi connectivity index (χ0) is 35.5. The summed E-state index contributed by atoms with van der Waals surface area (Å²) in [7, 11) is -2.83. The van der Waals surface area contributed by atoms with Gasteiger partial charge in [0.25, 0.3) is 0 Å². The van der Waals surface area contributed by atoms with Gasteiger partial charge < -0.3 is 35.7 Å². The molecule has 3 aliphatic heterocycles. The zero-order valence-corrected chi connectivity index (χ0v) is 30.8. The van der Waals surface area contributed by atoms with Gasteiger partial charge in [-0.15, -0.1) is 16.9 Å². The van der Waals surface area contributed by atoms with Gasteiger partial charge in [0.05, 0.1) is 29.8 Å². The SMILES string of the molecule is CC1(C)S[C@@H]2[C@H](NC(=O)C(N)c3ccccc3)C(=O)N2[C@H]1C(=O)O.COC(=O)c1cnnn1C[C@@]1(C)[C@H](C(=O)[O-])C2C(=O)CC2S1(=O)=O.[Na+]. The van der Waals surface area contributed by atoms with E-state index in [1.165, 1.54) is 23.6 Å². The van der Waals surface area contributed by atoms with Crippen LogP contribution in [0.4, 0.5) is 0 Å². The predicted molar refractivity (Wildman–Crippen MR) is 163 cm³/mol. The van der Waals surface area contributed by atoms with Crippen LogP contribution in [0.15, 0.2) is 36.5 Å². The first-order chi connectivity index (χ1) is 22.4. The number of carboxylic acids is 2. The largest absolute Gasteiger partial charge is 1.00 e. The van der Waals surface area contributed by atoms with Gasteiger partial charge >= 0.3 is 41.5 Å². The summed E-state index contributed by atoms with van der Waals surface area (Å²) in [6.07, 6.45) is 0.887. The fraction of sp³-hybridized carbons (Fsp3) is 0.517. The molecule has 4 heterocycles. The molecule has 3 saturated heterocycles. The Hall–Kier alpha value is -3.36. The van der Waals surface area contributed by atoms with Crippen molar-refractivity contribution in [2.24, 2.45) is 17.6 Å². The first kappa shape index (κ1) is 38.4. The van der Waals surface area contributed by atoms with Gasteiger partial charge in [0.1, 0.15) is 29.3 Å². The molecule has 0 radical (unpaired) electrons. The smallest absolute Gasteiger partial charge is 0.550 e. The van der Waals surface area contributed by atoms with Crippen molar-refractivity contribution in [2.75, 3.05) is 7.11 Å². The van der Waals surface area contributed by atoms with Crippen LogP contribution in [0.3, 0.4) is 0 Å². The molecule has 17 nitrogen and oxygen atoms in total. The molecule has 1 aromatic carbocycles. The monoisotopic (exact) mass is 728 g/mol. The van der Waals surface area contributed by atoms with Crippen LogP contribution in [0.5, 0.6) is 0 Å². The maximum atomic E-state index is 12.8. The molecule has 0 bridgehead atoms. The average Bonchev–Trinajstić information content (AvgIpc) is 3.63. The number of carbonyl (C=O) groups excluding carboxylic acids is 5. The van der Waals surface area contributed by atoms with Crippen LogP contribution in [0.2, 0.25) is 0 Å². The van der Waals surface area contributed by atoms with Crippen LogP contribution in [-0.4, -0.2) is 108 Å². The minimum atomic E-state index is -3.96. The number of aromatic nitrogens is 3. The van der Waals surface area contributed by atoms with Crippen LogP contribution in [-0.2, 0) is 45.1 Å². The molecule has 2 aromatic rings. The van der Waals surface area contributed by atoms with E-state index in [9.17, 15) is 47.4 Å². The van der Waals surface area contributed by atoms with Crippen LogP contribution in [0.25, 0.3) is 0 Å². The van der Waals surface area contributed by atoms with Gasteiger partial charge in [0.15, 0.2) is 15.5 Å². The number of hydrogen-bond acceptors (Lipinski definition) is 14. The Balaban J connectivity index is 0.000000216. The van der Waals surface area contributed by atoms with Crippen molar-refractivity contribution in [2.45, 2.75) is 72.0 Å². The standard InChI is InChI=1S/C16H19N3O4S.C13H15N3O7S.Na/c1-16(2)11(15(22)23)19-13(21)10(14(19)24-16)18-12(20)9(17)8-6-4-3-5-7-8;1-13(5-16-6(4-14-15-16)12(20)23-2)10(11(18)19)9-7(17)3-8(9)24(13,21)22;/h3-7,9-11,14H,17H2,1-2H3,(H,18,20)(H,22,23);4,8-10H,3,5H2,1-2H3,(H,18,19);/q;;+1/p-1/t9?,10-,11+,14-;8?,9?,10-,13-;/m10./s1. The number of amides is 2. The van der Waals surface area contributed by atoms with E-state index < -0.39 is 90.7 Å². The Labute approximate surface area is 306 Å². The van der Waals surface area contributed by atoms with Crippen LogP contribution in [0.1, 0.15) is 49.3 Å². The van der Waals surface area contributed by atoms with Gasteiger partial charge in [0.2, 0.25) is 11.8 Å². The molecule has 1 saturated carbocycles. The molecule has 4 N–H and O–H groups in total. The van der Waals surface area contributed by atoms with Crippen LogP contribution >= 0.6 is 11.8 Å². The molecule has 3 unspecified atom stereocenters. The van der Waals surface area contributed by atoms with Crippen LogP contribution < -0.4 is 45.7 Å². The number of Topliss-reactive ketones (excluding diaryl/α,β-unsaturated/α-hetero) is 1. The third-order valence-corrected chi connectivity index (χ3v) is 13.9. The van der Waals surface area contributed by atoms with E-state index in [0.29, 0.717) is 5.56 Å². The molecular weight excluding hydrogens is 695 g/mol. The number of fused-ring (bicyclic) bond motifs is 2. The Kier molecular flexibility index (Phi) is 10.8. The van der Waals surface area contributed by atoms with Crippen molar-refractivity contribution in [1.29, 1.82) is 0 Å². The van der Waals surface area contributed by atoms with Crippen molar-refractivity contribution in [1.82, 2.24) is 25.2 Å². The maximum absolute atomic E-state index is 12.8. The van der Waals surface area contributed by atoms with E-state index in [1.807, 2.05) is 6.07 Å². The number of hydrogen-bond donors (Lipinski definition) is 3. The topological polar surface area (TPSA) is 261 Å². The van der Waals surface area contributed by atoms with E-state index >= 15 is 0 Å². The minimum absolute atomic E-state index is 0. The van der Waals surface area contributed by atoms with Gasteiger partial charge in [-0.3, -0.25) is 14.4 Å². The molecule has 4 fully saturated rings. The quantitative estimate of drug-likeness (QED) is 0.130. The normalized spacial score (nSPS) is 30.5.